The first-order valence-corrected chi connectivity index (χ1v) is 6.41. The number of benzene rings is 1. The van der Waals surface area contributed by atoms with E-state index in [-0.39, 0.29) is 0 Å². The Morgan fingerprint density at radius 3 is 2.80 bits per heavy atom. The Morgan fingerprint density at radius 2 is 2.10 bits per heavy atom. The van der Waals surface area contributed by atoms with Gasteiger partial charge in [-0.1, -0.05) is 30.3 Å². The molecule has 0 aliphatic heterocycles. The summed E-state index contributed by atoms with van der Waals surface area (Å²) in [7, 11) is 1.86. The third-order valence-electron chi connectivity index (χ3n) is 2.73. The molecule has 20 heavy (non-hydrogen) atoms. The number of aryl methyl sites for hydroxylation is 1. The highest BCUT2D eigenvalue weighted by molar-refractivity contribution is 7.71. The molecule has 3 rings (SSSR count). The molecule has 0 atom stereocenters. The maximum Gasteiger partial charge on any atom is 0.216 e. The Balaban J connectivity index is 2.00. The minimum atomic E-state index is 0.448. The van der Waals surface area contributed by atoms with E-state index in [1.807, 2.05) is 43.6 Å². The third-order valence-corrected chi connectivity index (χ3v) is 2.99. The second-order valence-corrected chi connectivity index (χ2v) is 4.61. The highest BCUT2D eigenvalue weighted by Gasteiger charge is 2.07. The van der Waals surface area contributed by atoms with Crippen molar-refractivity contribution in [1.29, 1.82) is 0 Å². The molecule has 0 aliphatic carbocycles. The molecule has 2 heterocycles. The number of nitrogens with one attached hydrogen (secondary N) is 1. The summed E-state index contributed by atoms with van der Waals surface area (Å²) in [6, 6.07) is 9.76. The van der Waals surface area contributed by atoms with E-state index in [0.29, 0.717) is 10.6 Å². The smallest absolute Gasteiger partial charge is 0.216 e. The minimum Gasteiger partial charge on any atom is -0.275 e. The normalized spacial score (nSPS) is 11.2. The largest absolute Gasteiger partial charge is 0.275 e. The van der Waals surface area contributed by atoms with Gasteiger partial charge in [0, 0.05) is 24.4 Å². The van der Waals surface area contributed by atoms with Crippen LogP contribution in [0.3, 0.4) is 0 Å². The van der Waals surface area contributed by atoms with Crippen LogP contribution in [-0.2, 0) is 7.05 Å². The topological polar surface area (TPSA) is 63.8 Å². The summed E-state index contributed by atoms with van der Waals surface area (Å²) >= 11 is 5.20. The van der Waals surface area contributed by atoms with Gasteiger partial charge in [0.2, 0.25) is 4.77 Å². The van der Waals surface area contributed by atoms with E-state index in [1.54, 1.807) is 21.8 Å². The van der Waals surface area contributed by atoms with Crippen molar-refractivity contribution in [1.82, 2.24) is 24.7 Å². The van der Waals surface area contributed by atoms with Gasteiger partial charge in [-0.15, -0.1) is 0 Å². The summed E-state index contributed by atoms with van der Waals surface area (Å²) < 4.78 is 3.76. The Kier molecular flexibility index (Phi) is 3.26. The number of H-pyrrole nitrogens is 1. The van der Waals surface area contributed by atoms with Gasteiger partial charge in [-0.3, -0.25) is 4.68 Å². The zero-order valence-electron chi connectivity index (χ0n) is 10.8. The lowest BCUT2D eigenvalue weighted by Crippen LogP contribution is -1.94. The molecule has 0 spiro atoms. The molecular weight excluding hydrogens is 272 g/mol. The van der Waals surface area contributed by atoms with Crippen molar-refractivity contribution in [2.45, 2.75) is 0 Å². The molecule has 0 bridgehead atoms. The zero-order valence-corrected chi connectivity index (χ0v) is 11.6. The van der Waals surface area contributed by atoms with Crippen molar-refractivity contribution in [3.05, 3.63) is 53.1 Å². The standard InChI is InChI=1S/C13H12N6S/c1-18-9-10(7-14-18)8-15-19-12(16-17-13(19)20)11-5-3-2-4-6-11/h2-9H,1H3,(H,17,20)/b15-8+. The summed E-state index contributed by atoms with van der Waals surface area (Å²) in [6.45, 7) is 0. The summed E-state index contributed by atoms with van der Waals surface area (Å²) in [5.74, 6) is 0.677. The Morgan fingerprint density at radius 1 is 1.30 bits per heavy atom. The average Bonchev–Trinajstić information content (AvgIpc) is 3.04. The monoisotopic (exact) mass is 284 g/mol. The van der Waals surface area contributed by atoms with Crippen LogP contribution in [-0.4, -0.2) is 30.9 Å². The lowest BCUT2D eigenvalue weighted by atomic mass is 10.2. The van der Waals surface area contributed by atoms with Crippen LogP contribution in [0.1, 0.15) is 5.56 Å². The van der Waals surface area contributed by atoms with Crippen molar-refractivity contribution in [3.8, 4) is 11.4 Å². The lowest BCUT2D eigenvalue weighted by Gasteiger charge is -1.99. The van der Waals surface area contributed by atoms with Crippen molar-refractivity contribution in [2.24, 2.45) is 12.1 Å². The third kappa shape index (κ3) is 2.43. The number of aromatic amines is 1. The average molecular weight is 284 g/mol. The molecule has 2 aromatic heterocycles. The van der Waals surface area contributed by atoms with Crippen LogP contribution >= 0.6 is 12.2 Å². The quantitative estimate of drug-likeness (QED) is 0.592. The molecule has 0 radical (unpaired) electrons. The Bertz CT molecular complexity index is 796. The van der Waals surface area contributed by atoms with Crippen LogP contribution in [0.4, 0.5) is 0 Å². The number of hydrogen-bond acceptors (Lipinski definition) is 4. The first-order valence-electron chi connectivity index (χ1n) is 6.00. The summed E-state index contributed by atoms with van der Waals surface area (Å²) in [6.07, 6.45) is 5.30. The van der Waals surface area contributed by atoms with Gasteiger partial charge in [-0.2, -0.15) is 20.0 Å². The molecule has 0 fully saturated rings. The second-order valence-electron chi connectivity index (χ2n) is 4.22. The van der Waals surface area contributed by atoms with Crippen LogP contribution in [0.2, 0.25) is 0 Å². The SMILES string of the molecule is Cn1cc(/C=N/n2c(-c3ccccc3)n[nH]c2=S)cn1. The molecule has 0 amide bonds. The van der Waals surface area contributed by atoms with Gasteiger partial charge in [0.15, 0.2) is 5.82 Å². The fourth-order valence-electron chi connectivity index (χ4n) is 1.80. The highest BCUT2D eigenvalue weighted by Crippen LogP contribution is 2.16. The highest BCUT2D eigenvalue weighted by atomic mass is 32.1. The van der Waals surface area contributed by atoms with Crippen LogP contribution in [0.5, 0.6) is 0 Å². The van der Waals surface area contributed by atoms with E-state index in [4.69, 9.17) is 12.2 Å². The van der Waals surface area contributed by atoms with Crippen LogP contribution in [0.25, 0.3) is 11.4 Å². The van der Waals surface area contributed by atoms with Crippen LogP contribution < -0.4 is 0 Å². The molecule has 0 aliphatic rings. The van der Waals surface area contributed by atoms with Crippen LogP contribution in [0.15, 0.2) is 47.8 Å². The Labute approximate surface area is 120 Å². The number of rotatable bonds is 3. The number of hydrogen-bond donors (Lipinski definition) is 1. The molecular formula is C13H12N6S. The van der Waals surface area contributed by atoms with Crippen molar-refractivity contribution >= 4 is 18.4 Å². The van der Waals surface area contributed by atoms with E-state index in [1.165, 1.54) is 0 Å². The van der Waals surface area contributed by atoms with Gasteiger partial charge in [0.1, 0.15) is 0 Å². The van der Waals surface area contributed by atoms with Gasteiger partial charge in [0.05, 0.1) is 12.4 Å². The molecule has 0 unspecified atom stereocenters. The predicted molar refractivity (Wildman–Crippen MR) is 79.0 cm³/mol. The molecule has 1 N–H and O–H groups in total. The van der Waals surface area contributed by atoms with Crippen molar-refractivity contribution in [2.75, 3.05) is 0 Å². The Hall–Kier alpha value is -2.54. The van der Waals surface area contributed by atoms with E-state index < -0.39 is 0 Å². The maximum absolute atomic E-state index is 5.20. The van der Waals surface area contributed by atoms with Gasteiger partial charge in [-0.25, -0.2) is 5.10 Å². The lowest BCUT2D eigenvalue weighted by molar-refractivity contribution is 0.767. The number of nitrogens with zero attached hydrogens (tertiary/aromatic N) is 5. The van der Waals surface area contributed by atoms with Gasteiger partial charge in [-0.05, 0) is 12.2 Å². The fourth-order valence-corrected chi connectivity index (χ4v) is 1.98. The first kappa shape index (κ1) is 12.5. The van der Waals surface area contributed by atoms with E-state index >= 15 is 0 Å². The summed E-state index contributed by atoms with van der Waals surface area (Å²) in [5, 5.41) is 15.4. The zero-order chi connectivity index (χ0) is 13.9. The minimum absolute atomic E-state index is 0.448. The van der Waals surface area contributed by atoms with Gasteiger partial charge in [0.25, 0.3) is 0 Å². The second kappa shape index (κ2) is 5.22. The van der Waals surface area contributed by atoms with E-state index in [9.17, 15) is 0 Å². The molecule has 0 saturated heterocycles. The molecule has 1 aromatic carbocycles. The predicted octanol–water partition coefficient (Wildman–Crippen LogP) is 2.22. The number of aromatic nitrogens is 5. The van der Waals surface area contributed by atoms with Gasteiger partial charge >= 0.3 is 0 Å². The maximum atomic E-state index is 5.20. The first-order chi connectivity index (χ1) is 9.74. The molecule has 7 heteroatoms. The molecule has 3 aromatic rings. The van der Waals surface area contributed by atoms with E-state index in [2.05, 4.69) is 20.4 Å². The summed E-state index contributed by atoms with van der Waals surface area (Å²) in [5.41, 5.74) is 1.85. The van der Waals surface area contributed by atoms with Crippen LogP contribution in [0, 0.1) is 4.77 Å². The molecule has 6 nitrogen and oxygen atoms in total. The van der Waals surface area contributed by atoms with E-state index in [0.717, 1.165) is 11.1 Å². The van der Waals surface area contributed by atoms with Gasteiger partial charge < -0.3 is 0 Å². The summed E-state index contributed by atoms with van der Waals surface area (Å²) in [4.78, 5) is 0. The van der Waals surface area contributed by atoms with Crippen molar-refractivity contribution < 1.29 is 0 Å². The van der Waals surface area contributed by atoms with Crippen molar-refractivity contribution in [3.63, 3.8) is 0 Å². The fraction of sp³-hybridized carbons (Fsp3) is 0.0769. The molecule has 0 saturated carbocycles. The molecule has 100 valence electrons.